The number of halogens is 4. The molecule has 1 rings (SSSR count). The van der Waals surface area contributed by atoms with Gasteiger partial charge in [0.15, 0.2) is 12.1 Å². The monoisotopic (exact) mass is 294 g/mol. The van der Waals surface area contributed by atoms with Gasteiger partial charge in [-0.15, -0.1) is 0 Å². The van der Waals surface area contributed by atoms with Crippen molar-refractivity contribution in [2.75, 3.05) is 0 Å². The van der Waals surface area contributed by atoms with E-state index in [1.165, 1.54) is 6.07 Å². The second-order valence-corrected chi connectivity index (χ2v) is 3.91. The SMILES string of the molecule is CC(=O)c1ccc(Br)c(C(F)(F)F)c1C=O. The molecule has 0 atom stereocenters. The smallest absolute Gasteiger partial charge is 0.298 e. The Balaban J connectivity index is 3.64. The topological polar surface area (TPSA) is 34.1 Å². The van der Waals surface area contributed by atoms with Gasteiger partial charge >= 0.3 is 6.18 Å². The molecule has 0 spiro atoms. The van der Waals surface area contributed by atoms with Crippen molar-refractivity contribution in [1.82, 2.24) is 0 Å². The van der Waals surface area contributed by atoms with Crippen LogP contribution in [0.3, 0.4) is 0 Å². The second-order valence-electron chi connectivity index (χ2n) is 3.06. The zero-order chi connectivity index (χ0) is 12.5. The van der Waals surface area contributed by atoms with Crippen molar-refractivity contribution < 1.29 is 22.8 Å². The maximum absolute atomic E-state index is 12.6. The molecule has 0 unspecified atom stereocenters. The Hall–Kier alpha value is -1.17. The molecule has 86 valence electrons. The van der Waals surface area contributed by atoms with Crippen LogP contribution in [0.4, 0.5) is 13.2 Å². The van der Waals surface area contributed by atoms with Crippen LogP contribution in [0.25, 0.3) is 0 Å². The van der Waals surface area contributed by atoms with Crippen molar-refractivity contribution in [3.63, 3.8) is 0 Å². The molecule has 1 aromatic carbocycles. The molecule has 0 aliphatic carbocycles. The third kappa shape index (κ3) is 2.32. The summed E-state index contributed by atoms with van der Waals surface area (Å²) < 4.78 is 37.7. The van der Waals surface area contributed by atoms with Crippen LogP contribution in [0, 0.1) is 0 Å². The van der Waals surface area contributed by atoms with E-state index in [4.69, 9.17) is 0 Å². The van der Waals surface area contributed by atoms with Gasteiger partial charge in [0.2, 0.25) is 0 Å². The highest BCUT2D eigenvalue weighted by Gasteiger charge is 2.37. The molecule has 0 aliphatic rings. The molecule has 6 heteroatoms. The minimum absolute atomic E-state index is 0.0459. The molecule has 0 saturated heterocycles. The molecule has 0 heterocycles. The zero-order valence-corrected chi connectivity index (χ0v) is 9.65. The maximum Gasteiger partial charge on any atom is 0.418 e. The molecule has 0 N–H and O–H groups in total. The summed E-state index contributed by atoms with van der Waals surface area (Å²) in [4.78, 5) is 21.8. The minimum atomic E-state index is -4.68. The Labute approximate surface area is 97.6 Å². The van der Waals surface area contributed by atoms with Crippen molar-refractivity contribution >= 4 is 28.0 Å². The van der Waals surface area contributed by atoms with Crippen molar-refractivity contribution in [3.8, 4) is 0 Å². The molecule has 0 aromatic heterocycles. The minimum Gasteiger partial charge on any atom is -0.298 e. The van der Waals surface area contributed by atoms with E-state index in [0.29, 0.717) is 0 Å². The molecule has 2 nitrogen and oxygen atoms in total. The summed E-state index contributed by atoms with van der Waals surface area (Å²) in [6.45, 7) is 1.11. The van der Waals surface area contributed by atoms with Gasteiger partial charge in [-0.25, -0.2) is 0 Å². The summed E-state index contributed by atoms with van der Waals surface area (Å²) in [6.07, 6.45) is -4.63. The summed E-state index contributed by atoms with van der Waals surface area (Å²) >= 11 is 2.72. The number of carbonyl (C=O) groups is 2. The maximum atomic E-state index is 12.6. The summed E-state index contributed by atoms with van der Waals surface area (Å²) in [5.41, 5.74) is -1.98. The van der Waals surface area contributed by atoms with Gasteiger partial charge in [0.1, 0.15) is 0 Å². The molecule has 0 radical (unpaired) electrons. The van der Waals surface area contributed by atoms with E-state index < -0.39 is 23.1 Å². The zero-order valence-electron chi connectivity index (χ0n) is 8.06. The van der Waals surface area contributed by atoms with E-state index in [9.17, 15) is 22.8 Å². The fourth-order valence-electron chi connectivity index (χ4n) is 1.31. The normalized spacial score (nSPS) is 11.3. The number of hydrogen-bond donors (Lipinski definition) is 0. The van der Waals surface area contributed by atoms with Crippen molar-refractivity contribution in [3.05, 3.63) is 33.3 Å². The van der Waals surface area contributed by atoms with Crippen LogP contribution in [0.1, 0.15) is 33.2 Å². The van der Waals surface area contributed by atoms with Gasteiger partial charge in [0, 0.05) is 15.6 Å². The van der Waals surface area contributed by atoms with Gasteiger partial charge in [0.05, 0.1) is 5.56 Å². The molecular formula is C10H6BrF3O2. The third-order valence-corrected chi connectivity index (χ3v) is 2.64. The van der Waals surface area contributed by atoms with Gasteiger partial charge in [-0.1, -0.05) is 15.9 Å². The molecule has 0 saturated carbocycles. The van der Waals surface area contributed by atoms with E-state index in [0.717, 1.165) is 13.0 Å². The number of rotatable bonds is 2. The lowest BCUT2D eigenvalue weighted by Gasteiger charge is -2.13. The second kappa shape index (κ2) is 4.37. The molecular weight excluding hydrogens is 289 g/mol. The van der Waals surface area contributed by atoms with Crippen LogP contribution >= 0.6 is 15.9 Å². The van der Waals surface area contributed by atoms with Crippen molar-refractivity contribution in [2.45, 2.75) is 13.1 Å². The summed E-state index contributed by atoms with van der Waals surface area (Å²) in [5.74, 6) is -0.583. The lowest BCUT2D eigenvalue weighted by atomic mass is 9.99. The van der Waals surface area contributed by atoms with Crippen LogP contribution < -0.4 is 0 Å². The number of benzene rings is 1. The molecule has 0 bridgehead atoms. The van der Waals surface area contributed by atoms with E-state index in [1.54, 1.807) is 0 Å². The number of hydrogen-bond acceptors (Lipinski definition) is 2. The van der Waals surface area contributed by atoms with E-state index in [1.807, 2.05) is 0 Å². The quantitative estimate of drug-likeness (QED) is 0.618. The summed E-state index contributed by atoms with van der Waals surface area (Å²) in [6, 6.07) is 2.29. The Bertz CT molecular complexity index is 452. The first-order valence-electron chi connectivity index (χ1n) is 4.15. The van der Waals surface area contributed by atoms with Gasteiger partial charge in [-0.2, -0.15) is 13.2 Å². The van der Waals surface area contributed by atoms with Gasteiger partial charge in [-0.05, 0) is 19.1 Å². The largest absolute Gasteiger partial charge is 0.418 e. The Morgan fingerprint density at radius 2 is 1.94 bits per heavy atom. The molecule has 0 aliphatic heterocycles. The number of carbonyl (C=O) groups excluding carboxylic acids is 2. The van der Waals surface area contributed by atoms with Crippen LogP contribution in [-0.4, -0.2) is 12.1 Å². The lowest BCUT2D eigenvalue weighted by Crippen LogP contribution is -2.13. The highest BCUT2D eigenvalue weighted by atomic mass is 79.9. The summed E-state index contributed by atoms with van der Waals surface area (Å²) in [5, 5.41) is 0. The van der Waals surface area contributed by atoms with Crippen LogP contribution in [0.5, 0.6) is 0 Å². The highest BCUT2D eigenvalue weighted by molar-refractivity contribution is 9.10. The van der Waals surface area contributed by atoms with Gasteiger partial charge < -0.3 is 0 Å². The Morgan fingerprint density at radius 3 is 2.31 bits per heavy atom. The number of aldehydes is 1. The number of Topliss-reactive ketones (excluding diaryl/α,β-unsaturated/α-hetero) is 1. The standard InChI is InChI=1S/C10H6BrF3O2/c1-5(16)6-2-3-8(11)9(7(6)4-15)10(12,13)14/h2-4H,1H3. The Morgan fingerprint density at radius 1 is 1.38 bits per heavy atom. The number of alkyl halides is 3. The molecule has 1 aromatic rings. The first-order valence-corrected chi connectivity index (χ1v) is 4.94. The summed E-state index contributed by atoms with van der Waals surface area (Å²) in [7, 11) is 0. The van der Waals surface area contributed by atoms with Crippen LogP contribution in [-0.2, 0) is 6.18 Å². The molecule has 0 amide bonds. The van der Waals surface area contributed by atoms with Crippen LogP contribution in [0.15, 0.2) is 16.6 Å². The fourth-order valence-corrected chi connectivity index (χ4v) is 1.88. The first kappa shape index (κ1) is 12.9. The number of ketones is 1. The average molecular weight is 295 g/mol. The van der Waals surface area contributed by atoms with Crippen molar-refractivity contribution in [1.29, 1.82) is 0 Å². The predicted molar refractivity (Wildman–Crippen MR) is 54.5 cm³/mol. The van der Waals surface area contributed by atoms with Crippen molar-refractivity contribution in [2.24, 2.45) is 0 Å². The van der Waals surface area contributed by atoms with E-state index >= 15 is 0 Å². The fraction of sp³-hybridized carbons (Fsp3) is 0.200. The average Bonchev–Trinajstić information content (AvgIpc) is 2.14. The first-order chi connectivity index (χ1) is 7.29. The van der Waals surface area contributed by atoms with Crippen LogP contribution in [0.2, 0.25) is 0 Å². The van der Waals surface area contributed by atoms with Gasteiger partial charge in [-0.3, -0.25) is 9.59 Å². The molecule has 16 heavy (non-hydrogen) atoms. The molecule has 0 fully saturated rings. The predicted octanol–water partition coefficient (Wildman–Crippen LogP) is 3.48. The Kier molecular flexibility index (Phi) is 3.52. The lowest BCUT2D eigenvalue weighted by molar-refractivity contribution is -0.138. The van der Waals surface area contributed by atoms with E-state index in [-0.39, 0.29) is 16.3 Å². The van der Waals surface area contributed by atoms with Gasteiger partial charge in [0.25, 0.3) is 0 Å². The third-order valence-electron chi connectivity index (χ3n) is 1.98. The van der Waals surface area contributed by atoms with E-state index in [2.05, 4.69) is 15.9 Å². The highest BCUT2D eigenvalue weighted by Crippen LogP contribution is 2.38.